The first kappa shape index (κ1) is 16.3. The second kappa shape index (κ2) is 8.41. The Morgan fingerprint density at radius 2 is 1.86 bits per heavy atom. The van der Waals surface area contributed by atoms with Crippen LogP contribution < -0.4 is 5.32 Å². The molecule has 1 aliphatic carbocycles. The highest BCUT2D eigenvalue weighted by Gasteiger charge is 2.27. The van der Waals surface area contributed by atoms with E-state index in [0.29, 0.717) is 6.61 Å². The van der Waals surface area contributed by atoms with Crippen molar-refractivity contribution < 1.29 is 19.1 Å². The van der Waals surface area contributed by atoms with E-state index < -0.39 is 6.09 Å². The van der Waals surface area contributed by atoms with E-state index >= 15 is 0 Å². The van der Waals surface area contributed by atoms with Crippen molar-refractivity contribution in [2.45, 2.75) is 45.3 Å². The van der Waals surface area contributed by atoms with Crippen molar-refractivity contribution in [3.05, 3.63) is 35.9 Å². The molecule has 1 fully saturated rings. The van der Waals surface area contributed by atoms with Gasteiger partial charge in [-0.05, 0) is 18.4 Å². The SMILES string of the molecule is CC(=O)OC[C@@H]1CCCC[C@@H]1NC(=O)OCc1ccccc1. The first-order valence-corrected chi connectivity index (χ1v) is 7.75. The predicted octanol–water partition coefficient (Wildman–Crippen LogP) is 3.03. The van der Waals surface area contributed by atoms with Crippen LogP contribution in [0.2, 0.25) is 0 Å². The molecule has 1 aromatic rings. The molecule has 0 unspecified atom stereocenters. The molecule has 22 heavy (non-hydrogen) atoms. The summed E-state index contributed by atoms with van der Waals surface area (Å²) in [6.45, 7) is 2.02. The maximum Gasteiger partial charge on any atom is 0.407 e. The molecule has 2 rings (SSSR count). The molecule has 5 nitrogen and oxygen atoms in total. The van der Waals surface area contributed by atoms with Gasteiger partial charge in [-0.1, -0.05) is 43.2 Å². The van der Waals surface area contributed by atoms with Crippen LogP contribution in [0.1, 0.15) is 38.2 Å². The fourth-order valence-electron chi connectivity index (χ4n) is 2.74. The molecule has 1 saturated carbocycles. The molecule has 0 bridgehead atoms. The third kappa shape index (κ3) is 5.39. The highest BCUT2D eigenvalue weighted by Crippen LogP contribution is 2.25. The zero-order chi connectivity index (χ0) is 15.8. The Labute approximate surface area is 131 Å². The second-order valence-electron chi connectivity index (χ2n) is 5.66. The van der Waals surface area contributed by atoms with Crippen LogP contribution in [-0.2, 0) is 20.9 Å². The van der Waals surface area contributed by atoms with Crippen molar-refractivity contribution in [3.63, 3.8) is 0 Å². The molecule has 0 saturated heterocycles. The van der Waals surface area contributed by atoms with Crippen LogP contribution >= 0.6 is 0 Å². The predicted molar refractivity (Wildman–Crippen MR) is 82.1 cm³/mol. The Morgan fingerprint density at radius 3 is 2.59 bits per heavy atom. The number of ether oxygens (including phenoxy) is 2. The molecular formula is C17H23NO4. The zero-order valence-electron chi connectivity index (χ0n) is 12.9. The zero-order valence-corrected chi connectivity index (χ0v) is 12.9. The number of hydrogen-bond donors (Lipinski definition) is 1. The quantitative estimate of drug-likeness (QED) is 0.849. The fourth-order valence-corrected chi connectivity index (χ4v) is 2.74. The number of carbonyl (C=O) groups is 2. The molecule has 0 radical (unpaired) electrons. The van der Waals surface area contributed by atoms with Gasteiger partial charge in [-0.25, -0.2) is 4.79 Å². The Kier molecular flexibility index (Phi) is 6.25. The molecule has 0 aromatic heterocycles. The number of carbonyl (C=O) groups excluding carboxylic acids is 2. The monoisotopic (exact) mass is 305 g/mol. The van der Waals surface area contributed by atoms with Crippen LogP contribution in [-0.4, -0.2) is 24.7 Å². The Hall–Kier alpha value is -2.04. The van der Waals surface area contributed by atoms with E-state index in [1.807, 2.05) is 30.3 Å². The molecular weight excluding hydrogens is 282 g/mol. The molecule has 1 aromatic carbocycles. The van der Waals surface area contributed by atoms with Crippen molar-refractivity contribution in [2.24, 2.45) is 5.92 Å². The summed E-state index contributed by atoms with van der Waals surface area (Å²) in [6.07, 6.45) is 3.61. The van der Waals surface area contributed by atoms with Crippen LogP contribution in [0.5, 0.6) is 0 Å². The van der Waals surface area contributed by atoms with Crippen molar-refractivity contribution in [3.8, 4) is 0 Å². The van der Waals surface area contributed by atoms with Crippen molar-refractivity contribution >= 4 is 12.1 Å². The van der Waals surface area contributed by atoms with E-state index in [1.165, 1.54) is 6.92 Å². The third-order valence-electron chi connectivity index (χ3n) is 3.93. The lowest BCUT2D eigenvalue weighted by Gasteiger charge is -2.31. The minimum atomic E-state index is -0.413. The third-order valence-corrected chi connectivity index (χ3v) is 3.93. The molecule has 120 valence electrons. The van der Waals surface area contributed by atoms with Crippen LogP contribution in [0.25, 0.3) is 0 Å². The van der Waals surface area contributed by atoms with Gasteiger partial charge in [-0.2, -0.15) is 0 Å². The number of nitrogens with one attached hydrogen (secondary N) is 1. The lowest BCUT2D eigenvalue weighted by atomic mass is 9.85. The summed E-state index contributed by atoms with van der Waals surface area (Å²) < 4.78 is 10.3. The minimum absolute atomic E-state index is 0.0105. The number of rotatable bonds is 5. The number of hydrogen-bond acceptors (Lipinski definition) is 4. The molecule has 5 heteroatoms. The van der Waals surface area contributed by atoms with Crippen molar-refractivity contribution in [1.82, 2.24) is 5.32 Å². The average Bonchev–Trinajstić information content (AvgIpc) is 2.53. The first-order valence-electron chi connectivity index (χ1n) is 7.75. The topological polar surface area (TPSA) is 64.6 Å². The van der Waals surface area contributed by atoms with Gasteiger partial charge >= 0.3 is 12.1 Å². The summed E-state index contributed by atoms with van der Waals surface area (Å²) in [5.74, 6) is -0.113. The van der Waals surface area contributed by atoms with Gasteiger partial charge in [0.05, 0.1) is 6.61 Å². The Bertz CT molecular complexity index is 489. The van der Waals surface area contributed by atoms with Gasteiger partial charge < -0.3 is 14.8 Å². The summed E-state index contributed by atoms with van der Waals surface area (Å²) in [6, 6.07) is 9.58. The van der Waals surface area contributed by atoms with E-state index in [-0.39, 0.29) is 24.5 Å². The average molecular weight is 305 g/mol. The summed E-state index contributed by atoms with van der Waals surface area (Å²) in [5.41, 5.74) is 0.956. The van der Waals surface area contributed by atoms with Gasteiger partial charge in [0.15, 0.2) is 0 Å². The minimum Gasteiger partial charge on any atom is -0.465 e. The van der Waals surface area contributed by atoms with Gasteiger partial charge in [-0.15, -0.1) is 0 Å². The lowest BCUT2D eigenvalue weighted by molar-refractivity contribution is -0.142. The smallest absolute Gasteiger partial charge is 0.407 e. The van der Waals surface area contributed by atoms with E-state index in [2.05, 4.69) is 5.32 Å². The second-order valence-corrected chi connectivity index (χ2v) is 5.66. The largest absolute Gasteiger partial charge is 0.465 e. The van der Waals surface area contributed by atoms with Gasteiger partial charge in [-0.3, -0.25) is 4.79 Å². The number of alkyl carbamates (subject to hydrolysis) is 1. The summed E-state index contributed by atoms with van der Waals surface area (Å²) >= 11 is 0. The normalized spacial score (nSPS) is 21.0. The highest BCUT2D eigenvalue weighted by atomic mass is 16.5. The molecule has 0 aliphatic heterocycles. The van der Waals surface area contributed by atoms with Crippen molar-refractivity contribution in [2.75, 3.05) is 6.61 Å². The van der Waals surface area contributed by atoms with E-state index in [1.54, 1.807) is 0 Å². The van der Waals surface area contributed by atoms with E-state index in [0.717, 1.165) is 31.2 Å². The lowest BCUT2D eigenvalue weighted by Crippen LogP contribution is -2.44. The summed E-state index contributed by atoms with van der Waals surface area (Å²) in [4.78, 5) is 22.9. The Balaban J connectivity index is 1.79. The van der Waals surface area contributed by atoms with E-state index in [4.69, 9.17) is 9.47 Å². The van der Waals surface area contributed by atoms with E-state index in [9.17, 15) is 9.59 Å². The molecule has 0 heterocycles. The highest BCUT2D eigenvalue weighted by molar-refractivity contribution is 5.67. The Morgan fingerprint density at radius 1 is 1.14 bits per heavy atom. The van der Waals surface area contributed by atoms with Gasteiger partial charge in [0.1, 0.15) is 6.61 Å². The van der Waals surface area contributed by atoms with Crippen LogP contribution in [0.3, 0.4) is 0 Å². The van der Waals surface area contributed by atoms with Gasteiger partial charge in [0.2, 0.25) is 0 Å². The molecule has 1 aliphatic rings. The van der Waals surface area contributed by atoms with Crippen molar-refractivity contribution in [1.29, 1.82) is 0 Å². The number of benzene rings is 1. The number of esters is 1. The maximum absolute atomic E-state index is 11.9. The standard InChI is InChI=1S/C17H23NO4/c1-13(19)21-12-15-9-5-6-10-16(15)18-17(20)22-11-14-7-3-2-4-8-14/h2-4,7-8,15-16H,5-6,9-12H2,1H3,(H,18,20)/t15-,16-/m0/s1. The fraction of sp³-hybridized carbons (Fsp3) is 0.529. The molecule has 0 spiro atoms. The first-order chi connectivity index (χ1) is 10.6. The maximum atomic E-state index is 11.9. The van der Waals surface area contributed by atoms with Gasteiger partial charge in [0, 0.05) is 18.9 Å². The van der Waals surface area contributed by atoms with Crippen LogP contribution in [0.15, 0.2) is 30.3 Å². The molecule has 1 amide bonds. The summed E-state index contributed by atoms with van der Waals surface area (Å²) in [7, 11) is 0. The van der Waals surface area contributed by atoms with Crippen LogP contribution in [0.4, 0.5) is 4.79 Å². The van der Waals surface area contributed by atoms with Crippen LogP contribution in [0, 0.1) is 5.92 Å². The number of amides is 1. The molecule has 2 atom stereocenters. The summed E-state index contributed by atoms with van der Waals surface area (Å²) in [5, 5.41) is 2.91. The van der Waals surface area contributed by atoms with Gasteiger partial charge in [0.25, 0.3) is 0 Å². The molecule has 1 N–H and O–H groups in total.